The molecule has 0 saturated carbocycles. The summed E-state index contributed by atoms with van der Waals surface area (Å²) >= 11 is 0. The van der Waals surface area contributed by atoms with Crippen molar-refractivity contribution in [3.63, 3.8) is 0 Å². The summed E-state index contributed by atoms with van der Waals surface area (Å²) in [7, 11) is -2.91. The van der Waals surface area contributed by atoms with Crippen LogP contribution in [0.3, 0.4) is 0 Å². The van der Waals surface area contributed by atoms with Crippen molar-refractivity contribution in [1.82, 2.24) is 5.06 Å². The van der Waals surface area contributed by atoms with Gasteiger partial charge in [0, 0.05) is 91.9 Å². The van der Waals surface area contributed by atoms with Gasteiger partial charge in [-0.3, -0.25) is 14.1 Å². The fourth-order valence-electron chi connectivity index (χ4n) is 9.41. The number of methoxy groups -OCH3 is 1. The van der Waals surface area contributed by atoms with Gasteiger partial charge in [-0.15, -0.1) is 5.06 Å². The molecule has 2 aromatic carbocycles. The van der Waals surface area contributed by atoms with Gasteiger partial charge in [0.1, 0.15) is 18.1 Å². The molecule has 4 aliphatic heterocycles. The third-order valence-corrected chi connectivity index (χ3v) is 13.9. The number of allylic oxidation sites excluding steroid dienone is 9. The van der Waals surface area contributed by atoms with Crippen LogP contribution in [0.2, 0.25) is 0 Å². The van der Waals surface area contributed by atoms with E-state index < -0.39 is 33.3 Å². The molecule has 6 rings (SSSR count). The number of fused-ring (bicyclic) bond motifs is 3. The lowest BCUT2D eigenvalue weighted by molar-refractivity contribution is -0.438. The Kier molecular flexibility index (Phi) is 18.0. The number of hydroxylamine groups is 2. The third-order valence-electron chi connectivity index (χ3n) is 13.1. The first-order valence-electron chi connectivity index (χ1n) is 24.4. The molecular weight excluding hydrogens is 915 g/mol. The Morgan fingerprint density at radius 1 is 0.886 bits per heavy atom. The van der Waals surface area contributed by atoms with Gasteiger partial charge in [0.2, 0.25) is 5.69 Å². The molecular formula is C54H72N3O12S+. The topological polar surface area (TPSA) is 170 Å². The molecule has 4 heterocycles. The Hall–Kier alpha value is -5.23. The number of carbonyl (C=O) groups excluding carboxylic acids is 3. The van der Waals surface area contributed by atoms with Crippen LogP contribution in [0.5, 0.6) is 5.75 Å². The summed E-state index contributed by atoms with van der Waals surface area (Å²) in [5.41, 5.74) is 6.83. The number of amides is 2. The number of ether oxygens (including phenoxy) is 5. The van der Waals surface area contributed by atoms with Gasteiger partial charge in [-0.25, -0.2) is 4.79 Å². The highest BCUT2D eigenvalue weighted by molar-refractivity contribution is 7.85. The molecule has 15 nitrogen and oxygen atoms in total. The van der Waals surface area contributed by atoms with Gasteiger partial charge in [-0.1, -0.05) is 51.2 Å². The molecule has 1 fully saturated rings. The second-order valence-electron chi connectivity index (χ2n) is 19.8. The summed E-state index contributed by atoms with van der Waals surface area (Å²) in [6.45, 7) is 21.5. The molecule has 4 aliphatic rings. The lowest BCUT2D eigenvalue weighted by Crippen LogP contribution is -2.45. The highest BCUT2D eigenvalue weighted by atomic mass is 32.2. The predicted octanol–water partition coefficient (Wildman–Crippen LogP) is 9.08. The molecule has 0 bridgehead atoms. The van der Waals surface area contributed by atoms with Gasteiger partial charge in [0.25, 0.3) is 21.9 Å². The molecule has 0 aromatic heterocycles. The minimum Gasteiger partial charge on any atom is -0.460 e. The van der Waals surface area contributed by atoms with E-state index in [-0.39, 0.29) is 35.1 Å². The number of unbranched alkanes of at least 4 members (excludes halogenated alkanes) is 2. The van der Waals surface area contributed by atoms with Crippen molar-refractivity contribution >= 4 is 56.1 Å². The van der Waals surface area contributed by atoms with E-state index in [1.54, 1.807) is 19.2 Å². The van der Waals surface area contributed by atoms with E-state index in [1.165, 1.54) is 17.2 Å². The third kappa shape index (κ3) is 13.0. The summed E-state index contributed by atoms with van der Waals surface area (Å²) in [5.74, 6) is -0.0108. The average Bonchev–Trinajstić information content (AvgIpc) is 3.73. The fraction of sp³-hybridized carbons (Fsp3) is 0.519. The average molecular weight is 987 g/mol. The molecule has 0 spiro atoms. The summed E-state index contributed by atoms with van der Waals surface area (Å²) in [4.78, 5) is 43.8. The summed E-state index contributed by atoms with van der Waals surface area (Å²) in [6, 6.07) is 9.09. The molecule has 2 aromatic rings. The molecule has 1 saturated heterocycles. The van der Waals surface area contributed by atoms with E-state index in [9.17, 15) is 27.4 Å². The van der Waals surface area contributed by atoms with Gasteiger partial charge in [0.15, 0.2) is 5.71 Å². The Labute approximate surface area is 414 Å². The summed E-state index contributed by atoms with van der Waals surface area (Å²) in [6.07, 6.45) is 16.8. The zero-order valence-corrected chi connectivity index (χ0v) is 43.2. The minimum absolute atomic E-state index is 0.0249. The van der Waals surface area contributed by atoms with Crippen molar-refractivity contribution in [3.8, 4) is 5.75 Å². The van der Waals surface area contributed by atoms with Gasteiger partial charge in [-0.2, -0.15) is 13.0 Å². The first-order valence-corrected chi connectivity index (χ1v) is 25.8. The van der Waals surface area contributed by atoms with Crippen molar-refractivity contribution in [1.29, 1.82) is 0 Å². The zero-order valence-electron chi connectivity index (χ0n) is 42.4. The number of likely N-dealkylation sites (N-methyl/N-ethyl adjacent to an activating group) is 1. The number of nitrogens with zero attached hydrogens (tertiary/aromatic N) is 3. The molecule has 16 heteroatoms. The van der Waals surface area contributed by atoms with Crippen LogP contribution in [0.25, 0.3) is 11.1 Å². The Bertz CT molecular complexity index is 2570. The summed E-state index contributed by atoms with van der Waals surface area (Å²) in [5, 5.41) is 0.564. The predicted molar refractivity (Wildman–Crippen MR) is 270 cm³/mol. The quantitative estimate of drug-likeness (QED) is 0.0348. The van der Waals surface area contributed by atoms with E-state index in [4.69, 9.17) is 28.5 Å². The maximum absolute atomic E-state index is 12.6. The summed E-state index contributed by atoms with van der Waals surface area (Å²) < 4.78 is 66.3. The van der Waals surface area contributed by atoms with E-state index in [0.717, 1.165) is 51.8 Å². The molecule has 70 heavy (non-hydrogen) atoms. The number of benzene rings is 2. The molecule has 2 amide bonds. The normalized spacial score (nSPS) is 19.5. The fourth-order valence-corrected chi connectivity index (χ4v) is 9.92. The number of hydrogen-bond acceptors (Lipinski definition) is 12. The van der Waals surface area contributed by atoms with E-state index in [1.807, 2.05) is 24.3 Å². The number of imide groups is 1. The number of hydrogen-bond donors (Lipinski definition) is 1. The SMILES string of the molecule is CCN1c2cc3c(cc2C(C)=CC1(C)C)/C(=C/C=C/C=C/C1=[N+](CCCCCC(=O)ON2C(=O)CCC2=O)c2ccc(S(=O)(=O)O)cc2C1(C)CCOCCOCCOCCOC)C=C(C(C)(C)C)O3. The maximum Gasteiger partial charge on any atom is 0.333 e. The monoisotopic (exact) mass is 986 g/mol. The molecule has 380 valence electrons. The van der Waals surface area contributed by atoms with E-state index in [0.29, 0.717) is 83.5 Å². The number of anilines is 1. The van der Waals surface area contributed by atoms with Crippen LogP contribution < -0.4 is 9.64 Å². The van der Waals surface area contributed by atoms with Crippen molar-refractivity contribution in [3.05, 3.63) is 95.3 Å². The number of rotatable bonds is 24. The van der Waals surface area contributed by atoms with Crippen molar-refractivity contribution < 1.29 is 60.5 Å². The molecule has 1 N–H and O–H groups in total. The molecule has 0 aliphatic carbocycles. The van der Waals surface area contributed by atoms with Crippen molar-refractivity contribution in [2.45, 2.75) is 116 Å². The molecule has 1 unspecified atom stereocenters. The van der Waals surface area contributed by atoms with Crippen LogP contribution in [0.15, 0.2) is 83.5 Å². The van der Waals surface area contributed by atoms with Gasteiger partial charge in [-0.05, 0) is 89.3 Å². The van der Waals surface area contributed by atoms with Crippen LogP contribution in [0, 0.1) is 5.41 Å². The van der Waals surface area contributed by atoms with Crippen LogP contribution in [-0.2, 0) is 53.7 Å². The van der Waals surface area contributed by atoms with Gasteiger partial charge in [0.05, 0.1) is 55.5 Å². The van der Waals surface area contributed by atoms with Crippen LogP contribution in [0.1, 0.15) is 117 Å². The highest BCUT2D eigenvalue weighted by Crippen LogP contribution is 2.48. The van der Waals surface area contributed by atoms with Crippen molar-refractivity contribution in [2.75, 3.05) is 71.3 Å². The van der Waals surface area contributed by atoms with Gasteiger partial charge >= 0.3 is 5.97 Å². The Balaban J connectivity index is 1.28. The van der Waals surface area contributed by atoms with Crippen LogP contribution >= 0.6 is 0 Å². The highest BCUT2D eigenvalue weighted by Gasteiger charge is 2.48. The van der Waals surface area contributed by atoms with E-state index >= 15 is 0 Å². The van der Waals surface area contributed by atoms with Crippen LogP contribution in [-0.4, -0.2) is 118 Å². The van der Waals surface area contributed by atoms with Crippen molar-refractivity contribution in [2.24, 2.45) is 5.41 Å². The smallest absolute Gasteiger partial charge is 0.333 e. The zero-order chi connectivity index (χ0) is 50.9. The second kappa shape index (κ2) is 23.3. The molecule has 1 atom stereocenters. The molecule has 0 radical (unpaired) electrons. The lowest BCUT2D eigenvalue weighted by Gasteiger charge is -2.43. The number of carbonyl (C=O) groups is 3. The lowest BCUT2D eigenvalue weighted by atomic mass is 9.76. The second-order valence-corrected chi connectivity index (χ2v) is 21.2. The van der Waals surface area contributed by atoms with Crippen LogP contribution in [0.4, 0.5) is 11.4 Å². The maximum atomic E-state index is 12.6. The Morgan fingerprint density at radius 3 is 2.20 bits per heavy atom. The first-order chi connectivity index (χ1) is 33.2. The standard InChI is InChI=1S/C54H71N3O12S/c1-10-56-45-36-46-42(35-41(45)38(2)37-53(56,6)7)39(33-48(68-46)52(3,4)5)17-13-11-14-18-47-54(8,24-26-65-29-30-67-32-31-66-28-27-64-9)43-34-40(70(61,62)63)20-21-44(43)55(47)25-16-12-15-19-51(60)69-57-49(58)22-23-50(57)59/h11,13-14,17-18,20-21,33-37H,10,12,15-16,19,22-32H2,1-9H3/p+1. The first kappa shape index (κ1) is 54.1. The Morgan fingerprint density at radius 2 is 1.56 bits per heavy atom. The van der Waals surface area contributed by atoms with Gasteiger partial charge < -0.3 is 33.4 Å². The minimum atomic E-state index is -4.53. The van der Waals surface area contributed by atoms with E-state index in [2.05, 4.69) is 95.2 Å². The largest absolute Gasteiger partial charge is 0.460 e.